The lowest BCUT2D eigenvalue weighted by molar-refractivity contribution is 0.403. The van der Waals surface area contributed by atoms with E-state index in [0.29, 0.717) is 11.3 Å². The second-order valence-electron chi connectivity index (χ2n) is 3.46. The summed E-state index contributed by atoms with van der Waals surface area (Å²) >= 11 is 0. The number of aromatic nitrogens is 1. The van der Waals surface area contributed by atoms with Crippen molar-refractivity contribution in [2.45, 2.75) is 0 Å². The summed E-state index contributed by atoms with van der Waals surface area (Å²) in [5.74, 6) is -0.401. The van der Waals surface area contributed by atoms with E-state index in [9.17, 15) is 10.2 Å². The molecule has 2 aromatic rings. The molecule has 1 aromatic heterocycles. The summed E-state index contributed by atoms with van der Waals surface area (Å²) < 4.78 is 0. The van der Waals surface area contributed by atoms with Gasteiger partial charge in [-0.3, -0.25) is 4.98 Å². The smallest absolute Gasteiger partial charge is 0.166 e. The Morgan fingerprint density at radius 1 is 0.944 bits per heavy atom. The predicted molar refractivity (Wildman–Crippen MR) is 69.2 cm³/mol. The van der Waals surface area contributed by atoms with Crippen molar-refractivity contribution in [2.75, 3.05) is 0 Å². The van der Waals surface area contributed by atoms with Gasteiger partial charge in [0.2, 0.25) is 0 Å². The van der Waals surface area contributed by atoms with Crippen LogP contribution >= 0.6 is 0 Å². The molecule has 18 heavy (non-hydrogen) atoms. The molecule has 2 N–H and O–H groups in total. The highest BCUT2D eigenvalue weighted by molar-refractivity contribution is 5.85. The van der Waals surface area contributed by atoms with Crippen molar-refractivity contribution < 1.29 is 10.2 Å². The molecule has 1 aromatic carbocycles. The summed E-state index contributed by atoms with van der Waals surface area (Å²) in [6, 6.07) is 10.1. The van der Waals surface area contributed by atoms with Crippen LogP contribution in [0, 0.1) is 0 Å². The zero-order valence-electron chi connectivity index (χ0n) is 9.43. The molecule has 0 bridgehead atoms. The number of hydrogen-bond acceptors (Lipinski definition) is 5. The van der Waals surface area contributed by atoms with Crippen LogP contribution in [0.2, 0.25) is 0 Å². The lowest BCUT2D eigenvalue weighted by Crippen LogP contribution is -1.85. The number of phenolic OH excluding ortho intramolecular Hbond substituents is 2. The van der Waals surface area contributed by atoms with Crippen molar-refractivity contribution in [1.82, 2.24) is 4.98 Å². The molecule has 0 atom stereocenters. The number of pyridine rings is 1. The van der Waals surface area contributed by atoms with E-state index in [4.69, 9.17) is 0 Å². The topological polar surface area (TPSA) is 78.1 Å². The van der Waals surface area contributed by atoms with Gasteiger partial charge in [-0.25, -0.2) is 0 Å². The maximum absolute atomic E-state index is 9.51. The third-order valence-corrected chi connectivity index (χ3v) is 2.19. The Bertz CT molecular complexity index is 580. The molecule has 1 heterocycles. The zero-order valence-corrected chi connectivity index (χ0v) is 9.43. The van der Waals surface area contributed by atoms with Crippen LogP contribution in [0.3, 0.4) is 0 Å². The molecule has 0 saturated carbocycles. The van der Waals surface area contributed by atoms with Crippen molar-refractivity contribution in [3.63, 3.8) is 0 Å². The van der Waals surface area contributed by atoms with Crippen molar-refractivity contribution in [1.29, 1.82) is 0 Å². The van der Waals surface area contributed by atoms with E-state index in [1.165, 1.54) is 18.5 Å². The highest BCUT2D eigenvalue weighted by Crippen LogP contribution is 2.26. The monoisotopic (exact) mass is 241 g/mol. The first-order chi connectivity index (χ1) is 8.77. The minimum Gasteiger partial charge on any atom is -0.504 e. The fourth-order valence-electron chi connectivity index (χ4n) is 1.29. The fraction of sp³-hybridized carbons (Fsp3) is 0. The van der Waals surface area contributed by atoms with E-state index in [-0.39, 0.29) is 11.5 Å². The van der Waals surface area contributed by atoms with Crippen molar-refractivity contribution in [3.8, 4) is 11.5 Å². The molecule has 0 aliphatic heterocycles. The molecular formula is C13H11N3O2. The summed E-state index contributed by atoms with van der Waals surface area (Å²) in [7, 11) is 0. The molecule has 0 spiro atoms. The molecule has 0 saturated heterocycles. The van der Waals surface area contributed by atoms with Gasteiger partial charge in [-0.2, -0.15) is 10.2 Å². The molecule has 2 rings (SSSR count). The van der Waals surface area contributed by atoms with Crippen LogP contribution in [0.1, 0.15) is 11.3 Å². The van der Waals surface area contributed by atoms with Gasteiger partial charge in [-0.15, -0.1) is 0 Å². The van der Waals surface area contributed by atoms with Crippen LogP contribution in [-0.4, -0.2) is 27.6 Å². The van der Waals surface area contributed by atoms with Crippen LogP contribution in [0.25, 0.3) is 0 Å². The Labute approximate surface area is 104 Å². The van der Waals surface area contributed by atoms with E-state index in [1.54, 1.807) is 24.4 Å². The van der Waals surface area contributed by atoms with Gasteiger partial charge >= 0.3 is 0 Å². The summed E-state index contributed by atoms with van der Waals surface area (Å²) in [6.45, 7) is 0. The normalized spacial score (nSPS) is 11.3. The molecule has 90 valence electrons. The second kappa shape index (κ2) is 5.58. The summed E-state index contributed by atoms with van der Waals surface area (Å²) in [4.78, 5) is 4.04. The maximum atomic E-state index is 9.51. The van der Waals surface area contributed by atoms with Crippen molar-refractivity contribution >= 4 is 12.4 Å². The van der Waals surface area contributed by atoms with E-state index in [1.807, 2.05) is 12.1 Å². The first kappa shape index (κ1) is 11.8. The Morgan fingerprint density at radius 2 is 1.78 bits per heavy atom. The summed E-state index contributed by atoms with van der Waals surface area (Å²) in [5.41, 5.74) is 1.09. The molecule has 5 heteroatoms. The zero-order chi connectivity index (χ0) is 12.8. The number of hydrogen-bond donors (Lipinski definition) is 2. The second-order valence-corrected chi connectivity index (χ2v) is 3.46. The van der Waals surface area contributed by atoms with Gasteiger partial charge in [0.25, 0.3) is 0 Å². The molecule has 5 nitrogen and oxygen atoms in total. The first-order valence-corrected chi connectivity index (χ1v) is 5.26. The van der Waals surface area contributed by atoms with Crippen molar-refractivity contribution in [3.05, 3.63) is 53.9 Å². The van der Waals surface area contributed by atoms with Gasteiger partial charge < -0.3 is 10.2 Å². The van der Waals surface area contributed by atoms with Gasteiger partial charge in [0.15, 0.2) is 11.5 Å². The standard InChI is InChI=1S/C13H11N3O2/c17-12-6-3-4-10(13(12)18)8-15-16-9-11-5-1-2-7-14-11/h1-9,17-18H/b15-8+,16-9+. The summed E-state index contributed by atoms with van der Waals surface area (Å²) in [6.07, 6.45) is 4.51. The molecule has 0 amide bonds. The lowest BCUT2D eigenvalue weighted by atomic mass is 10.2. The molecule has 0 unspecified atom stereocenters. The van der Waals surface area contributed by atoms with E-state index < -0.39 is 0 Å². The number of rotatable bonds is 3. The molecule has 0 aliphatic rings. The number of nitrogens with zero attached hydrogens (tertiary/aromatic N) is 3. The van der Waals surface area contributed by atoms with Crippen LogP contribution in [-0.2, 0) is 0 Å². The SMILES string of the molecule is Oc1cccc(/C=N/N=C/c2ccccn2)c1O. The van der Waals surface area contributed by atoms with Gasteiger partial charge in [0.05, 0.1) is 18.1 Å². The number of phenols is 2. The maximum Gasteiger partial charge on any atom is 0.166 e. The van der Waals surface area contributed by atoms with Crippen LogP contribution in [0.4, 0.5) is 0 Å². The Morgan fingerprint density at radius 3 is 2.56 bits per heavy atom. The van der Waals surface area contributed by atoms with Crippen LogP contribution in [0.15, 0.2) is 52.8 Å². The predicted octanol–water partition coefficient (Wildman–Crippen LogP) is 1.95. The van der Waals surface area contributed by atoms with E-state index in [0.717, 1.165) is 0 Å². The third-order valence-electron chi connectivity index (χ3n) is 2.19. The van der Waals surface area contributed by atoms with Crippen molar-refractivity contribution in [2.24, 2.45) is 10.2 Å². The molecular weight excluding hydrogens is 230 g/mol. The Kier molecular flexibility index (Phi) is 3.66. The van der Waals surface area contributed by atoms with Crippen LogP contribution < -0.4 is 0 Å². The summed E-state index contributed by atoms with van der Waals surface area (Å²) in [5, 5.41) is 26.4. The van der Waals surface area contributed by atoms with Gasteiger partial charge in [-0.1, -0.05) is 12.1 Å². The molecule has 0 radical (unpaired) electrons. The number of benzene rings is 1. The highest BCUT2D eigenvalue weighted by atomic mass is 16.3. The Hall–Kier alpha value is -2.69. The van der Waals surface area contributed by atoms with E-state index in [2.05, 4.69) is 15.2 Å². The quantitative estimate of drug-likeness (QED) is 0.489. The Balaban J connectivity index is 2.08. The van der Waals surface area contributed by atoms with Gasteiger partial charge in [-0.05, 0) is 24.3 Å². The number of aromatic hydroxyl groups is 2. The van der Waals surface area contributed by atoms with Gasteiger partial charge in [0, 0.05) is 11.8 Å². The van der Waals surface area contributed by atoms with Gasteiger partial charge in [0.1, 0.15) is 0 Å². The number of para-hydroxylation sites is 1. The first-order valence-electron chi connectivity index (χ1n) is 5.26. The average molecular weight is 241 g/mol. The van der Waals surface area contributed by atoms with Crippen LogP contribution in [0.5, 0.6) is 11.5 Å². The molecule has 0 aliphatic carbocycles. The average Bonchev–Trinajstić information content (AvgIpc) is 2.40. The fourth-order valence-corrected chi connectivity index (χ4v) is 1.29. The highest BCUT2D eigenvalue weighted by Gasteiger charge is 2.01. The largest absolute Gasteiger partial charge is 0.504 e. The minimum atomic E-state index is -0.214. The minimum absolute atomic E-state index is 0.187. The third kappa shape index (κ3) is 2.91. The molecule has 0 fully saturated rings. The lowest BCUT2D eigenvalue weighted by Gasteiger charge is -1.98. The van der Waals surface area contributed by atoms with E-state index >= 15 is 0 Å².